The molecule has 0 bridgehead atoms. The van der Waals surface area contributed by atoms with E-state index in [1.54, 1.807) is 11.0 Å². The van der Waals surface area contributed by atoms with Crippen LogP contribution in [-0.2, 0) is 11.3 Å². The maximum absolute atomic E-state index is 5.40. The summed E-state index contributed by atoms with van der Waals surface area (Å²) in [6.07, 6.45) is 4.04. The van der Waals surface area contributed by atoms with Crippen LogP contribution in [0.4, 0.5) is 0 Å². The van der Waals surface area contributed by atoms with Crippen LogP contribution in [0.3, 0.4) is 0 Å². The van der Waals surface area contributed by atoms with Crippen molar-refractivity contribution >= 4 is 22.6 Å². The van der Waals surface area contributed by atoms with Gasteiger partial charge in [0.25, 0.3) is 0 Å². The molecular weight excluding hydrogens is 281 g/mol. The number of rotatable bonds is 6. The van der Waals surface area contributed by atoms with E-state index < -0.39 is 0 Å². The number of ether oxygens (including phenoxy) is 1. The van der Waals surface area contributed by atoms with Gasteiger partial charge in [0.2, 0.25) is 3.83 Å². The Hall–Kier alpha value is -0.170. The molecule has 0 fully saturated rings. The Bertz CT molecular complexity index is 239. The fourth-order valence-electron chi connectivity index (χ4n) is 0.886. The molecule has 5 heteroatoms. The van der Waals surface area contributed by atoms with E-state index >= 15 is 0 Å². The molecule has 1 aromatic heterocycles. The maximum atomic E-state index is 5.40. The molecule has 0 atom stereocenters. The number of aromatic nitrogens is 3. The zero-order valence-corrected chi connectivity index (χ0v) is 9.90. The summed E-state index contributed by atoms with van der Waals surface area (Å²) in [7, 11) is 0. The Kier molecular flexibility index (Phi) is 5.29. The second kappa shape index (κ2) is 6.31. The summed E-state index contributed by atoms with van der Waals surface area (Å²) in [4.78, 5) is 4.01. The van der Waals surface area contributed by atoms with Crippen molar-refractivity contribution in [2.24, 2.45) is 0 Å². The van der Waals surface area contributed by atoms with Crippen molar-refractivity contribution in [3.8, 4) is 0 Å². The average Bonchev–Trinajstić information content (AvgIpc) is 2.51. The summed E-state index contributed by atoms with van der Waals surface area (Å²) in [5.41, 5.74) is 0. The van der Waals surface area contributed by atoms with Crippen molar-refractivity contribution in [2.45, 2.75) is 26.3 Å². The summed E-state index contributed by atoms with van der Waals surface area (Å²) in [6, 6.07) is 0. The van der Waals surface area contributed by atoms with Gasteiger partial charge in [0.05, 0.1) is 13.2 Å². The molecule has 0 aromatic carbocycles. The van der Waals surface area contributed by atoms with E-state index in [0.29, 0.717) is 0 Å². The summed E-state index contributed by atoms with van der Waals surface area (Å²) in [6.45, 7) is 4.52. The molecule has 1 aromatic rings. The highest BCUT2D eigenvalue weighted by molar-refractivity contribution is 14.1. The Morgan fingerprint density at radius 1 is 1.54 bits per heavy atom. The van der Waals surface area contributed by atoms with E-state index in [-0.39, 0.29) is 0 Å². The molecule has 0 aliphatic rings. The fraction of sp³-hybridized carbons (Fsp3) is 0.750. The Labute approximate surface area is 91.8 Å². The Morgan fingerprint density at radius 3 is 3.00 bits per heavy atom. The maximum Gasteiger partial charge on any atom is 0.211 e. The van der Waals surface area contributed by atoms with Crippen LogP contribution in [0.2, 0.25) is 0 Å². The minimum absolute atomic E-state index is 0.722. The molecule has 0 unspecified atom stereocenters. The van der Waals surface area contributed by atoms with Gasteiger partial charge in [-0.25, -0.2) is 9.67 Å². The third-order valence-corrected chi connectivity index (χ3v) is 2.11. The second-order valence-electron chi connectivity index (χ2n) is 2.74. The van der Waals surface area contributed by atoms with Crippen LogP contribution >= 0.6 is 22.6 Å². The lowest BCUT2D eigenvalue weighted by Crippen LogP contribution is -2.07. The SMILES string of the molecule is CCCCOCCn1cnc(I)n1. The quantitative estimate of drug-likeness (QED) is 0.592. The largest absolute Gasteiger partial charge is 0.380 e. The average molecular weight is 295 g/mol. The van der Waals surface area contributed by atoms with Gasteiger partial charge in [0, 0.05) is 29.2 Å². The third kappa shape index (κ3) is 4.56. The van der Waals surface area contributed by atoms with Gasteiger partial charge in [0.15, 0.2) is 0 Å². The molecule has 4 nitrogen and oxygen atoms in total. The molecule has 0 amide bonds. The Morgan fingerprint density at radius 2 is 2.38 bits per heavy atom. The first-order valence-electron chi connectivity index (χ1n) is 4.45. The van der Waals surface area contributed by atoms with Crippen LogP contribution in [0.1, 0.15) is 19.8 Å². The van der Waals surface area contributed by atoms with Crippen molar-refractivity contribution in [2.75, 3.05) is 13.2 Å². The molecule has 74 valence electrons. The first-order valence-corrected chi connectivity index (χ1v) is 5.53. The van der Waals surface area contributed by atoms with Crippen LogP contribution in [0.15, 0.2) is 6.33 Å². The molecule has 1 rings (SSSR count). The summed E-state index contributed by atoms with van der Waals surface area (Å²) in [5, 5.41) is 4.14. The standard InChI is InChI=1S/C8H14IN3O/c1-2-3-5-13-6-4-12-7-10-8(9)11-12/h7H,2-6H2,1H3. The molecule has 0 radical (unpaired) electrons. The van der Waals surface area contributed by atoms with Crippen LogP contribution < -0.4 is 0 Å². The second-order valence-corrected chi connectivity index (χ2v) is 3.71. The van der Waals surface area contributed by atoms with Gasteiger partial charge in [-0.15, -0.1) is 5.10 Å². The van der Waals surface area contributed by atoms with E-state index in [0.717, 1.165) is 30.0 Å². The van der Waals surface area contributed by atoms with E-state index in [2.05, 4.69) is 39.6 Å². The van der Waals surface area contributed by atoms with Crippen molar-refractivity contribution in [3.63, 3.8) is 0 Å². The first kappa shape index (κ1) is 10.9. The van der Waals surface area contributed by atoms with Gasteiger partial charge in [-0.1, -0.05) is 13.3 Å². The smallest absolute Gasteiger partial charge is 0.211 e. The lowest BCUT2D eigenvalue weighted by Gasteiger charge is -2.02. The van der Waals surface area contributed by atoms with Crippen molar-refractivity contribution < 1.29 is 4.74 Å². The highest BCUT2D eigenvalue weighted by Gasteiger charge is 1.95. The fourth-order valence-corrected chi connectivity index (χ4v) is 1.29. The Balaban J connectivity index is 2.06. The van der Waals surface area contributed by atoms with Gasteiger partial charge in [-0.2, -0.15) is 0 Å². The van der Waals surface area contributed by atoms with E-state index in [4.69, 9.17) is 4.74 Å². The van der Waals surface area contributed by atoms with E-state index in [1.165, 1.54) is 6.42 Å². The van der Waals surface area contributed by atoms with Crippen molar-refractivity contribution in [1.29, 1.82) is 0 Å². The highest BCUT2D eigenvalue weighted by Crippen LogP contribution is 1.94. The minimum atomic E-state index is 0.722. The monoisotopic (exact) mass is 295 g/mol. The third-order valence-electron chi connectivity index (χ3n) is 1.62. The number of halogens is 1. The molecule has 0 aliphatic carbocycles. The lowest BCUT2D eigenvalue weighted by atomic mass is 10.4. The highest BCUT2D eigenvalue weighted by atomic mass is 127. The topological polar surface area (TPSA) is 39.9 Å². The number of nitrogens with zero attached hydrogens (tertiary/aromatic N) is 3. The van der Waals surface area contributed by atoms with Crippen LogP contribution in [-0.4, -0.2) is 28.0 Å². The van der Waals surface area contributed by atoms with Crippen molar-refractivity contribution in [3.05, 3.63) is 10.2 Å². The van der Waals surface area contributed by atoms with Crippen LogP contribution in [0.5, 0.6) is 0 Å². The molecule has 0 spiro atoms. The molecule has 0 N–H and O–H groups in total. The van der Waals surface area contributed by atoms with Gasteiger partial charge in [0.1, 0.15) is 6.33 Å². The molecule has 0 aliphatic heterocycles. The summed E-state index contributed by atoms with van der Waals surface area (Å²) >= 11 is 2.09. The molecular formula is C8H14IN3O. The van der Waals surface area contributed by atoms with Gasteiger partial charge in [-0.3, -0.25) is 0 Å². The molecule has 0 saturated carbocycles. The summed E-state index contributed by atoms with van der Waals surface area (Å²) in [5.74, 6) is 0. The van der Waals surface area contributed by atoms with Gasteiger partial charge in [-0.05, 0) is 6.42 Å². The van der Waals surface area contributed by atoms with Gasteiger partial charge >= 0.3 is 0 Å². The van der Waals surface area contributed by atoms with Crippen LogP contribution in [0, 0.1) is 3.83 Å². The summed E-state index contributed by atoms with van der Waals surface area (Å²) < 4.78 is 7.98. The predicted octanol–water partition coefficient (Wildman–Crippen LogP) is 1.70. The molecule has 0 saturated heterocycles. The normalized spacial score (nSPS) is 10.6. The molecule has 1 heterocycles. The zero-order chi connectivity index (χ0) is 9.52. The molecule has 13 heavy (non-hydrogen) atoms. The first-order chi connectivity index (χ1) is 6.33. The van der Waals surface area contributed by atoms with E-state index in [1.807, 2.05) is 0 Å². The zero-order valence-electron chi connectivity index (χ0n) is 7.74. The number of unbranched alkanes of at least 4 members (excludes halogenated alkanes) is 1. The van der Waals surface area contributed by atoms with Crippen molar-refractivity contribution in [1.82, 2.24) is 14.8 Å². The van der Waals surface area contributed by atoms with E-state index in [9.17, 15) is 0 Å². The number of hydrogen-bond donors (Lipinski definition) is 0. The van der Waals surface area contributed by atoms with Crippen LogP contribution in [0.25, 0.3) is 0 Å². The van der Waals surface area contributed by atoms with Gasteiger partial charge < -0.3 is 4.74 Å². The number of hydrogen-bond acceptors (Lipinski definition) is 3. The lowest BCUT2D eigenvalue weighted by molar-refractivity contribution is 0.121. The predicted molar refractivity (Wildman–Crippen MR) is 58.5 cm³/mol. The minimum Gasteiger partial charge on any atom is -0.380 e.